The number of phenols is 1. The molecule has 0 aliphatic carbocycles. The molecule has 1 heterocycles. The van der Waals surface area contributed by atoms with Crippen LogP contribution in [0.4, 0.5) is 15.2 Å². The number of hydrogen-bond donors (Lipinski definition) is 2. The Labute approximate surface area is 119 Å². The van der Waals surface area contributed by atoms with Crippen LogP contribution in [0.25, 0.3) is 11.3 Å². The van der Waals surface area contributed by atoms with E-state index in [1.165, 1.54) is 17.4 Å². The molecule has 0 radical (unpaired) electrons. The average Bonchev–Trinajstić information content (AvgIpc) is 2.90. The Kier molecular flexibility index (Phi) is 3.35. The van der Waals surface area contributed by atoms with E-state index in [0.29, 0.717) is 22.1 Å². The molecule has 0 saturated heterocycles. The van der Waals surface area contributed by atoms with E-state index in [4.69, 9.17) is 0 Å². The number of anilines is 2. The first-order valence-electron chi connectivity index (χ1n) is 5.99. The topological polar surface area (TPSA) is 45.1 Å². The molecule has 3 aromatic rings. The maximum Gasteiger partial charge on any atom is 0.187 e. The molecule has 100 valence electrons. The molecule has 0 fully saturated rings. The summed E-state index contributed by atoms with van der Waals surface area (Å²) < 4.78 is 13.5. The number of hydrogen-bond acceptors (Lipinski definition) is 4. The van der Waals surface area contributed by atoms with Crippen LogP contribution >= 0.6 is 11.3 Å². The van der Waals surface area contributed by atoms with Crippen molar-refractivity contribution in [3.63, 3.8) is 0 Å². The van der Waals surface area contributed by atoms with E-state index in [-0.39, 0.29) is 11.6 Å². The van der Waals surface area contributed by atoms with Gasteiger partial charge in [-0.3, -0.25) is 0 Å². The molecule has 0 spiro atoms. The van der Waals surface area contributed by atoms with Gasteiger partial charge in [-0.05, 0) is 24.3 Å². The van der Waals surface area contributed by atoms with Crippen LogP contribution in [0.1, 0.15) is 0 Å². The van der Waals surface area contributed by atoms with Gasteiger partial charge in [-0.1, -0.05) is 24.3 Å². The molecule has 3 rings (SSSR count). The zero-order chi connectivity index (χ0) is 13.9. The van der Waals surface area contributed by atoms with Crippen LogP contribution in [0, 0.1) is 5.82 Å². The SMILES string of the molecule is Oc1ccccc1-c1csc(Nc2ccccc2F)n1. The van der Waals surface area contributed by atoms with Gasteiger partial charge >= 0.3 is 0 Å². The second-order valence-corrected chi connectivity index (χ2v) is 5.02. The van der Waals surface area contributed by atoms with Crippen molar-refractivity contribution in [3.05, 3.63) is 59.7 Å². The Morgan fingerprint density at radius 1 is 1.05 bits per heavy atom. The van der Waals surface area contributed by atoms with Crippen LogP contribution in [0.15, 0.2) is 53.9 Å². The maximum absolute atomic E-state index is 13.5. The Hall–Kier alpha value is -2.40. The van der Waals surface area contributed by atoms with Crippen molar-refractivity contribution in [1.82, 2.24) is 4.98 Å². The van der Waals surface area contributed by atoms with Gasteiger partial charge in [0.25, 0.3) is 0 Å². The highest BCUT2D eigenvalue weighted by atomic mass is 32.1. The molecule has 0 atom stereocenters. The molecule has 3 nitrogen and oxygen atoms in total. The predicted octanol–water partition coefficient (Wildman–Crippen LogP) is 4.40. The second kappa shape index (κ2) is 5.30. The molecular weight excluding hydrogens is 275 g/mol. The molecular formula is C15H11FN2OS. The quantitative estimate of drug-likeness (QED) is 0.750. The minimum Gasteiger partial charge on any atom is -0.507 e. The lowest BCUT2D eigenvalue weighted by atomic mass is 10.1. The van der Waals surface area contributed by atoms with Gasteiger partial charge in [-0.25, -0.2) is 9.37 Å². The number of aromatic hydroxyl groups is 1. The monoisotopic (exact) mass is 286 g/mol. The van der Waals surface area contributed by atoms with E-state index < -0.39 is 0 Å². The standard InChI is InChI=1S/C15H11FN2OS/c16-11-6-2-3-7-12(11)17-15-18-13(9-20-15)10-5-1-4-8-14(10)19/h1-9,19H,(H,17,18). The summed E-state index contributed by atoms with van der Waals surface area (Å²) in [6, 6.07) is 13.4. The highest BCUT2D eigenvalue weighted by Gasteiger charge is 2.09. The molecule has 1 aromatic heterocycles. The Balaban J connectivity index is 1.88. The number of nitrogens with zero attached hydrogens (tertiary/aromatic N) is 1. The summed E-state index contributed by atoms with van der Waals surface area (Å²) in [7, 11) is 0. The number of para-hydroxylation sites is 2. The zero-order valence-corrected chi connectivity index (χ0v) is 11.2. The number of thiazole rings is 1. The van der Waals surface area contributed by atoms with E-state index in [1.807, 2.05) is 11.4 Å². The lowest BCUT2D eigenvalue weighted by Gasteiger charge is -2.03. The Morgan fingerprint density at radius 3 is 2.60 bits per heavy atom. The highest BCUT2D eigenvalue weighted by Crippen LogP contribution is 2.32. The van der Waals surface area contributed by atoms with E-state index in [9.17, 15) is 9.50 Å². The molecule has 0 aliphatic heterocycles. The van der Waals surface area contributed by atoms with Crippen molar-refractivity contribution in [1.29, 1.82) is 0 Å². The molecule has 0 saturated carbocycles. The molecule has 2 N–H and O–H groups in total. The third-order valence-electron chi connectivity index (χ3n) is 2.80. The van der Waals surface area contributed by atoms with Gasteiger partial charge in [0.05, 0.1) is 11.4 Å². The van der Waals surface area contributed by atoms with Crippen molar-refractivity contribution in [2.24, 2.45) is 0 Å². The fraction of sp³-hybridized carbons (Fsp3) is 0. The minimum absolute atomic E-state index is 0.176. The van der Waals surface area contributed by atoms with Crippen molar-refractivity contribution in [3.8, 4) is 17.0 Å². The van der Waals surface area contributed by atoms with Gasteiger partial charge < -0.3 is 10.4 Å². The summed E-state index contributed by atoms with van der Waals surface area (Å²) in [6.45, 7) is 0. The molecule has 5 heteroatoms. The van der Waals surface area contributed by atoms with Crippen LogP contribution in [0.5, 0.6) is 5.75 Å². The van der Waals surface area contributed by atoms with E-state index >= 15 is 0 Å². The molecule has 0 aliphatic rings. The highest BCUT2D eigenvalue weighted by molar-refractivity contribution is 7.14. The summed E-state index contributed by atoms with van der Waals surface area (Å²) in [4.78, 5) is 4.36. The van der Waals surface area contributed by atoms with Crippen molar-refractivity contribution in [2.45, 2.75) is 0 Å². The number of benzene rings is 2. The van der Waals surface area contributed by atoms with Gasteiger partial charge in [0.1, 0.15) is 11.6 Å². The smallest absolute Gasteiger partial charge is 0.187 e. The van der Waals surface area contributed by atoms with Crippen molar-refractivity contribution >= 4 is 22.2 Å². The molecule has 0 amide bonds. The number of nitrogens with one attached hydrogen (secondary N) is 1. The van der Waals surface area contributed by atoms with Gasteiger partial charge in [-0.15, -0.1) is 11.3 Å². The Bertz CT molecular complexity index is 742. The van der Waals surface area contributed by atoms with Gasteiger partial charge in [0, 0.05) is 10.9 Å². The van der Waals surface area contributed by atoms with Crippen molar-refractivity contribution < 1.29 is 9.50 Å². The van der Waals surface area contributed by atoms with Crippen LogP contribution < -0.4 is 5.32 Å². The summed E-state index contributed by atoms with van der Waals surface area (Å²) in [6.07, 6.45) is 0. The molecule has 0 unspecified atom stereocenters. The zero-order valence-electron chi connectivity index (χ0n) is 10.4. The van der Waals surface area contributed by atoms with E-state index in [2.05, 4.69) is 10.3 Å². The normalized spacial score (nSPS) is 10.4. The van der Waals surface area contributed by atoms with E-state index in [0.717, 1.165) is 0 Å². The second-order valence-electron chi connectivity index (χ2n) is 4.16. The summed E-state index contributed by atoms with van der Waals surface area (Å²) in [5.74, 6) is -0.151. The van der Waals surface area contributed by atoms with E-state index in [1.54, 1.807) is 36.4 Å². The van der Waals surface area contributed by atoms with Crippen LogP contribution in [0.3, 0.4) is 0 Å². The molecule has 2 aromatic carbocycles. The van der Waals surface area contributed by atoms with Gasteiger partial charge in [0.2, 0.25) is 0 Å². The number of aromatic nitrogens is 1. The van der Waals surface area contributed by atoms with Crippen LogP contribution in [-0.4, -0.2) is 10.1 Å². The lowest BCUT2D eigenvalue weighted by molar-refractivity contribution is 0.477. The summed E-state index contributed by atoms with van der Waals surface area (Å²) in [5.41, 5.74) is 1.70. The fourth-order valence-electron chi connectivity index (χ4n) is 1.82. The third kappa shape index (κ3) is 2.48. The first-order valence-corrected chi connectivity index (χ1v) is 6.87. The lowest BCUT2D eigenvalue weighted by Crippen LogP contribution is -1.92. The summed E-state index contributed by atoms with van der Waals surface area (Å²) >= 11 is 1.36. The first-order chi connectivity index (χ1) is 9.74. The van der Waals surface area contributed by atoms with Gasteiger partial charge in [-0.2, -0.15) is 0 Å². The fourth-order valence-corrected chi connectivity index (χ4v) is 2.55. The summed E-state index contributed by atoms with van der Waals surface area (Å²) in [5, 5.41) is 15.1. The van der Waals surface area contributed by atoms with Gasteiger partial charge in [0.15, 0.2) is 5.13 Å². The average molecular weight is 286 g/mol. The third-order valence-corrected chi connectivity index (χ3v) is 3.56. The van der Waals surface area contributed by atoms with Crippen molar-refractivity contribution in [2.75, 3.05) is 5.32 Å². The van der Waals surface area contributed by atoms with Crippen LogP contribution in [-0.2, 0) is 0 Å². The Morgan fingerprint density at radius 2 is 1.80 bits per heavy atom. The number of halogens is 1. The first kappa shape index (κ1) is 12.6. The maximum atomic E-state index is 13.5. The largest absolute Gasteiger partial charge is 0.507 e. The number of rotatable bonds is 3. The molecule has 0 bridgehead atoms. The minimum atomic E-state index is -0.327. The molecule has 20 heavy (non-hydrogen) atoms. The predicted molar refractivity (Wildman–Crippen MR) is 78.9 cm³/mol. The van der Waals surface area contributed by atoms with Crippen LogP contribution in [0.2, 0.25) is 0 Å². The number of phenolic OH excluding ortho intramolecular Hbond substituents is 1.